The second kappa shape index (κ2) is 4.69. The van der Waals surface area contributed by atoms with Crippen LogP contribution in [0.1, 0.15) is 12.8 Å². The molecular weight excluding hydrogens is 210 g/mol. The zero-order valence-corrected chi connectivity index (χ0v) is 9.65. The smallest absolute Gasteiger partial charge is 0.248 e. The van der Waals surface area contributed by atoms with E-state index in [4.69, 9.17) is 9.47 Å². The molecule has 1 amide bonds. The van der Waals surface area contributed by atoms with Gasteiger partial charge in [-0.25, -0.2) is 0 Å². The normalized spacial score (nSPS) is 23.0. The minimum absolute atomic E-state index is 0.0403. The summed E-state index contributed by atoms with van der Waals surface area (Å²) in [7, 11) is 1.59. The molecule has 5 heteroatoms. The van der Waals surface area contributed by atoms with Crippen LogP contribution < -0.4 is 0 Å². The summed E-state index contributed by atoms with van der Waals surface area (Å²) in [4.78, 5) is 13.2. The van der Waals surface area contributed by atoms with Crippen molar-refractivity contribution in [1.29, 1.82) is 0 Å². The third-order valence-corrected chi connectivity index (χ3v) is 3.28. The molecule has 5 nitrogen and oxygen atoms in total. The molecule has 0 atom stereocenters. The van der Waals surface area contributed by atoms with Gasteiger partial charge in [0.2, 0.25) is 5.91 Å². The van der Waals surface area contributed by atoms with Gasteiger partial charge in [0.15, 0.2) is 0 Å². The standard InChI is InChI=1S/C11H19NO4/c1-15-4-5-16-6-10(13)12-7-11(14,8-12)9-2-3-9/h9,14H,2-8H2,1H3. The van der Waals surface area contributed by atoms with E-state index in [1.165, 1.54) is 0 Å². The Labute approximate surface area is 95.3 Å². The highest BCUT2D eigenvalue weighted by atomic mass is 16.5. The van der Waals surface area contributed by atoms with E-state index in [9.17, 15) is 9.90 Å². The third kappa shape index (κ3) is 2.53. The van der Waals surface area contributed by atoms with Crippen molar-refractivity contribution in [3.8, 4) is 0 Å². The Balaban J connectivity index is 1.61. The van der Waals surface area contributed by atoms with Gasteiger partial charge in [-0.1, -0.05) is 0 Å². The van der Waals surface area contributed by atoms with E-state index in [2.05, 4.69) is 0 Å². The first kappa shape index (κ1) is 11.8. The maximum absolute atomic E-state index is 11.6. The number of likely N-dealkylation sites (tertiary alicyclic amines) is 1. The molecule has 92 valence electrons. The molecule has 2 rings (SSSR count). The van der Waals surface area contributed by atoms with E-state index in [0.717, 1.165) is 12.8 Å². The Kier molecular flexibility index (Phi) is 3.47. The van der Waals surface area contributed by atoms with Crippen LogP contribution in [-0.2, 0) is 14.3 Å². The van der Waals surface area contributed by atoms with Crippen LogP contribution in [0, 0.1) is 5.92 Å². The molecule has 0 unspecified atom stereocenters. The fraction of sp³-hybridized carbons (Fsp3) is 0.909. The molecule has 1 N–H and O–H groups in total. The summed E-state index contributed by atoms with van der Waals surface area (Å²) in [5, 5.41) is 10.0. The molecular formula is C11H19NO4. The van der Waals surface area contributed by atoms with Crippen LogP contribution in [0.2, 0.25) is 0 Å². The first-order chi connectivity index (χ1) is 7.65. The average Bonchev–Trinajstić information content (AvgIpc) is 3.03. The lowest BCUT2D eigenvalue weighted by Gasteiger charge is -2.46. The van der Waals surface area contributed by atoms with Crippen LogP contribution in [0.4, 0.5) is 0 Å². The van der Waals surface area contributed by atoms with Crippen molar-refractivity contribution in [2.24, 2.45) is 5.92 Å². The summed E-state index contributed by atoms with van der Waals surface area (Å²) < 4.78 is 9.95. The lowest BCUT2D eigenvalue weighted by Crippen LogP contribution is -2.65. The lowest BCUT2D eigenvalue weighted by molar-refractivity contribution is -0.163. The highest BCUT2D eigenvalue weighted by molar-refractivity contribution is 5.78. The van der Waals surface area contributed by atoms with E-state index in [-0.39, 0.29) is 12.5 Å². The van der Waals surface area contributed by atoms with Crippen molar-refractivity contribution in [3.63, 3.8) is 0 Å². The molecule has 1 saturated carbocycles. The fourth-order valence-electron chi connectivity index (χ4n) is 2.06. The van der Waals surface area contributed by atoms with Gasteiger partial charge in [-0.05, 0) is 18.8 Å². The number of amides is 1. The summed E-state index contributed by atoms with van der Waals surface area (Å²) in [6.07, 6.45) is 2.20. The van der Waals surface area contributed by atoms with Crippen LogP contribution in [0.5, 0.6) is 0 Å². The van der Waals surface area contributed by atoms with Gasteiger partial charge in [-0.3, -0.25) is 4.79 Å². The Hall–Kier alpha value is -0.650. The van der Waals surface area contributed by atoms with Gasteiger partial charge >= 0.3 is 0 Å². The van der Waals surface area contributed by atoms with E-state index in [0.29, 0.717) is 32.2 Å². The number of methoxy groups -OCH3 is 1. The second-order valence-corrected chi connectivity index (χ2v) is 4.67. The molecule has 16 heavy (non-hydrogen) atoms. The minimum Gasteiger partial charge on any atom is -0.386 e. The molecule has 0 aromatic rings. The molecule has 2 fully saturated rings. The Bertz CT molecular complexity index is 259. The van der Waals surface area contributed by atoms with E-state index >= 15 is 0 Å². The number of nitrogens with zero attached hydrogens (tertiary/aromatic N) is 1. The van der Waals surface area contributed by atoms with E-state index in [1.54, 1.807) is 12.0 Å². The predicted octanol–water partition coefficient (Wildman–Crippen LogP) is -0.367. The van der Waals surface area contributed by atoms with Gasteiger partial charge in [0.05, 0.1) is 26.3 Å². The van der Waals surface area contributed by atoms with Crippen molar-refractivity contribution in [3.05, 3.63) is 0 Å². The monoisotopic (exact) mass is 229 g/mol. The van der Waals surface area contributed by atoms with E-state index in [1.807, 2.05) is 0 Å². The Morgan fingerprint density at radius 1 is 1.44 bits per heavy atom. The maximum Gasteiger partial charge on any atom is 0.248 e. The highest BCUT2D eigenvalue weighted by Gasteiger charge is 2.53. The van der Waals surface area contributed by atoms with Gasteiger partial charge in [0, 0.05) is 7.11 Å². The number of ether oxygens (including phenoxy) is 2. The maximum atomic E-state index is 11.6. The summed E-state index contributed by atoms with van der Waals surface area (Å²) in [6, 6.07) is 0. The summed E-state index contributed by atoms with van der Waals surface area (Å²) >= 11 is 0. The first-order valence-corrected chi connectivity index (χ1v) is 5.72. The van der Waals surface area contributed by atoms with Crippen LogP contribution >= 0.6 is 0 Å². The van der Waals surface area contributed by atoms with Gasteiger partial charge in [0.25, 0.3) is 0 Å². The Morgan fingerprint density at radius 3 is 2.69 bits per heavy atom. The topological polar surface area (TPSA) is 59.0 Å². The zero-order valence-electron chi connectivity index (χ0n) is 9.65. The van der Waals surface area contributed by atoms with Crippen molar-refractivity contribution in [1.82, 2.24) is 4.90 Å². The summed E-state index contributed by atoms with van der Waals surface area (Å²) in [6.45, 7) is 1.97. The molecule has 0 bridgehead atoms. The molecule has 0 radical (unpaired) electrons. The number of aliphatic hydroxyl groups is 1. The molecule has 1 aliphatic heterocycles. The molecule has 0 aromatic carbocycles. The summed E-state index contributed by atoms with van der Waals surface area (Å²) in [5.41, 5.74) is -0.595. The molecule has 1 aliphatic carbocycles. The lowest BCUT2D eigenvalue weighted by atomic mass is 9.89. The van der Waals surface area contributed by atoms with Gasteiger partial charge in [-0.2, -0.15) is 0 Å². The quantitative estimate of drug-likeness (QED) is 0.631. The largest absolute Gasteiger partial charge is 0.386 e. The average molecular weight is 229 g/mol. The van der Waals surface area contributed by atoms with Crippen molar-refractivity contribution >= 4 is 5.91 Å². The highest BCUT2D eigenvalue weighted by Crippen LogP contribution is 2.44. The number of β-amino-alcohol motifs (C(OH)–C–C–N with tert-alkyl or cyclic N) is 1. The first-order valence-electron chi connectivity index (χ1n) is 5.72. The number of carbonyl (C=O) groups is 1. The Morgan fingerprint density at radius 2 is 2.12 bits per heavy atom. The number of hydrogen-bond donors (Lipinski definition) is 1. The third-order valence-electron chi connectivity index (χ3n) is 3.28. The summed E-state index contributed by atoms with van der Waals surface area (Å²) in [5.74, 6) is 0.382. The van der Waals surface area contributed by atoms with Crippen molar-refractivity contribution < 1.29 is 19.4 Å². The molecule has 1 heterocycles. The van der Waals surface area contributed by atoms with Crippen LogP contribution in [0.3, 0.4) is 0 Å². The SMILES string of the molecule is COCCOCC(=O)N1CC(O)(C2CC2)C1. The van der Waals surface area contributed by atoms with Gasteiger partial charge in [-0.15, -0.1) is 0 Å². The van der Waals surface area contributed by atoms with Crippen LogP contribution in [-0.4, -0.2) is 61.5 Å². The number of hydrogen-bond acceptors (Lipinski definition) is 4. The van der Waals surface area contributed by atoms with Crippen molar-refractivity contribution in [2.75, 3.05) is 40.0 Å². The minimum atomic E-state index is -0.595. The predicted molar refractivity (Wildman–Crippen MR) is 56.9 cm³/mol. The zero-order chi connectivity index (χ0) is 11.6. The van der Waals surface area contributed by atoms with Gasteiger partial charge < -0.3 is 19.5 Å². The number of rotatable bonds is 6. The second-order valence-electron chi connectivity index (χ2n) is 4.67. The van der Waals surface area contributed by atoms with Crippen LogP contribution in [0.25, 0.3) is 0 Å². The van der Waals surface area contributed by atoms with Gasteiger partial charge in [0.1, 0.15) is 12.2 Å². The molecule has 0 spiro atoms. The molecule has 0 aromatic heterocycles. The van der Waals surface area contributed by atoms with E-state index < -0.39 is 5.60 Å². The molecule has 1 saturated heterocycles. The van der Waals surface area contributed by atoms with Crippen molar-refractivity contribution in [2.45, 2.75) is 18.4 Å². The number of carbonyl (C=O) groups excluding carboxylic acids is 1. The fourth-order valence-corrected chi connectivity index (χ4v) is 2.06. The molecule has 2 aliphatic rings. The van der Waals surface area contributed by atoms with Crippen LogP contribution in [0.15, 0.2) is 0 Å².